The molecule has 18 heavy (non-hydrogen) atoms. The van der Waals surface area contributed by atoms with Crippen LogP contribution in [-0.4, -0.2) is 30.6 Å². The van der Waals surface area contributed by atoms with Gasteiger partial charge in [-0.2, -0.15) is 0 Å². The van der Waals surface area contributed by atoms with Crippen LogP contribution in [0.15, 0.2) is 22.7 Å². The van der Waals surface area contributed by atoms with Crippen LogP contribution in [0.2, 0.25) is 0 Å². The summed E-state index contributed by atoms with van der Waals surface area (Å²) in [5.74, 6) is -0.148. The van der Waals surface area contributed by atoms with Crippen molar-refractivity contribution in [3.63, 3.8) is 0 Å². The second-order valence-corrected chi connectivity index (χ2v) is 5.94. The largest absolute Gasteiger partial charge is 0.309 e. The molecule has 1 heterocycles. The third-order valence-corrected chi connectivity index (χ3v) is 3.88. The van der Waals surface area contributed by atoms with Crippen molar-refractivity contribution in [2.24, 2.45) is 0 Å². The van der Waals surface area contributed by atoms with E-state index in [4.69, 9.17) is 0 Å². The van der Waals surface area contributed by atoms with E-state index in [0.29, 0.717) is 12.6 Å². The Morgan fingerprint density at radius 3 is 2.78 bits per heavy atom. The summed E-state index contributed by atoms with van der Waals surface area (Å²) in [6, 6.07) is 5.62. The van der Waals surface area contributed by atoms with E-state index in [1.165, 1.54) is 32.0 Å². The number of hydrogen-bond donors (Lipinski definition) is 1. The number of rotatable bonds is 5. The molecule has 1 aliphatic heterocycles. The van der Waals surface area contributed by atoms with Crippen LogP contribution in [-0.2, 0) is 6.54 Å². The van der Waals surface area contributed by atoms with Gasteiger partial charge in [0.2, 0.25) is 0 Å². The second-order valence-electron chi connectivity index (χ2n) is 5.03. The minimum atomic E-state index is -0.148. The van der Waals surface area contributed by atoms with Crippen molar-refractivity contribution in [2.45, 2.75) is 32.4 Å². The molecule has 100 valence electrons. The summed E-state index contributed by atoms with van der Waals surface area (Å²) in [4.78, 5) is 2.47. The van der Waals surface area contributed by atoms with E-state index in [1.807, 2.05) is 12.1 Å². The molecule has 1 aromatic carbocycles. The lowest BCUT2D eigenvalue weighted by molar-refractivity contribution is 0.297. The van der Waals surface area contributed by atoms with Crippen molar-refractivity contribution < 1.29 is 4.39 Å². The molecule has 1 fully saturated rings. The Morgan fingerprint density at radius 1 is 1.39 bits per heavy atom. The highest BCUT2D eigenvalue weighted by molar-refractivity contribution is 9.10. The lowest BCUT2D eigenvalue weighted by Gasteiger charge is -2.21. The van der Waals surface area contributed by atoms with Crippen molar-refractivity contribution >= 4 is 15.9 Å². The Morgan fingerprint density at radius 2 is 2.11 bits per heavy atom. The average molecular weight is 315 g/mol. The Bertz CT molecular complexity index is 391. The fourth-order valence-corrected chi connectivity index (χ4v) is 2.70. The summed E-state index contributed by atoms with van der Waals surface area (Å²) in [6.45, 7) is 6.22. The molecule has 1 unspecified atom stereocenters. The Kier molecular flexibility index (Phi) is 5.15. The van der Waals surface area contributed by atoms with Gasteiger partial charge in [-0.1, -0.05) is 22.0 Å². The van der Waals surface area contributed by atoms with Gasteiger partial charge in [-0.05, 0) is 45.0 Å². The summed E-state index contributed by atoms with van der Waals surface area (Å²) in [5, 5.41) is 3.39. The van der Waals surface area contributed by atoms with Gasteiger partial charge in [0.15, 0.2) is 0 Å². The van der Waals surface area contributed by atoms with Crippen LogP contribution in [0.4, 0.5) is 4.39 Å². The fraction of sp³-hybridized carbons (Fsp3) is 0.571. The molecule has 1 aromatic rings. The predicted molar refractivity (Wildman–Crippen MR) is 76.1 cm³/mol. The molecule has 2 nitrogen and oxygen atoms in total. The summed E-state index contributed by atoms with van der Waals surface area (Å²) in [5.41, 5.74) is 0.728. The van der Waals surface area contributed by atoms with Crippen molar-refractivity contribution in [2.75, 3.05) is 19.6 Å². The molecule has 1 saturated heterocycles. The van der Waals surface area contributed by atoms with Gasteiger partial charge in [0, 0.05) is 29.2 Å². The van der Waals surface area contributed by atoms with Crippen LogP contribution < -0.4 is 5.32 Å². The van der Waals surface area contributed by atoms with Gasteiger partial charge < -0.3 is 10.2 Å². The van der Waals surface area contributed by atoms with E-state index in [2.05, 4.69) is 33.1 Å². The number of hydrogen-bond acceptors (Lipinski definition) is 2. The lowest BCUT2D eigenvalue weighted by Crippen LogP contribution is -2.37. The SMILES string of the molecule is CC(CN1CCCC1)NCc1ccc(Br)cc1F. The topological polar surface area (TPSA) is 15.3 Å². The van der Waals surface area contributed by atoms with Gasteiger partial charge >= 0.3 is 0 Å². The lowest BCUT2D eigenvalue weighted by atomic mass is 10.2. The normalized spacial score (nSPS) is 18.2. The highest BCUT2D eigenvalue weighted by Crippen LogP contribution is 2.15. The molecule has 0 aliphatic carbocycles. The van der Waals surface area contributed by atoms with Crippen LogP contribution in [0.5, 0.6) is 0 Å². The maximum absolute atomic E-state index is 13.6. The van der Waals surface area contributed by atoms with Gasteiger partial charge in [0.05, 0.1) is 0 Å². The summed E-state index contributed by atoms with van der Waals surface area (Å²) < 4.78 is 14.4. The van der Waals surface area contributed by atoms with E-state index in [0.717, 1.165) is 16.6 Å². The molecule has 0 radical (unpaired) electrons. The molecule has 0 bridgehead atoms. The van der Waals surface area contributed by atoms with E-state index in [9.17, 15) is 4.39 Å². The zero-order valence-electron chi connectivity index (χ0n) is 10.8. The minimum absolute atomic E-state index is 0.148. The average Bonchev–Trinajstić information content (AvgIpc) is 2.80. The highest BCUT2D eigenvalue weighted by atomic mass is 79.9. The summed E-state index contributed by atoms with van der Waals surface area (Å²) in [6.07, 6.45) is 2.63. The molecule has 1 aliphatic rings. The smallest absolute Gasteiger partial charge is 0.128 e. The third kappa shape index (κ3) is 4.04. The molecular formula is C14H20BrFN2. The number of likely N-dealkylation sites (tertiary alicyclic amines) is 1. The first-order valence-electron chi connectivity index (χ1n) is 6.55. The van der Waals surface area contributed by atoms with Crippen molar-refractivity contribution in [1.29, 1.82) is 0 Å². The zero-order valence-corrected chi connectivity index (χ0v) is 12.3. The molecule has 1 atom stereocenters. The Hall–Kier alpha value is -0.450. The first-order valence-corrected chi connectivity index (χ1v) is 7.34. The first kappa shape index (κ1) is 14.0. The summed E-state index contributed by atoms with van der Waals surface area (Å²) >= 11 is 3.27. The molecule has 1 N–H and O–H groups in total. The molecule has 0 spiro atoms. The van der Waals surface area contributed by atoms with E-state index in [-0.39, 0.29) is 5.82 Å². The Labute approximate surface area is 117 Å². The second kappa shape index (κ2) is 6.64. The van der Waals surface area contributed by atoms with Crippen molar-refractivity contribution in [3.8, 4) is 0 Å². The van der Waals surface area contributed by atoms with Gasteiger partial charge in [-0.25, -0.2) is 4.39 Å². The van der Waals surface area contributed by atoms with Crippen LogP contribution in [0, 0.1) is 5.82 Å². The first-order chi connectivity index (χ1) is 8.65. The fourth-order valence-electron chi connectivity index (χ4n) is 2.37. The number of nitrogens with zero attached hydrogens (tertiary/aromatic N) is 1. The van der Waals surface area contributed by atoms with E-state index < -0.39 is 0 Å². The van der Waals surface area contributed by atoms with Crippen molar-refractivity contribution in [3.05, 3.63) is 34.1 Å². The monoisotopic (exact) mass is 314 g/mol. The quantitative estimate of drug-likeness (QED) is 0.898. The maximum Gasteiger partial charge on any atom is 0.128 e. The molecule has 4 heteroatoms. The van der Waals surface area contributed by atoms with E-state index in [1.54, 1.807) is 0 Å². The zero-order chi connectivity index (χ0) is 13.0. The highest BCUT2D eigenvalue weighted by Gasteiger charge is 2.14. The van der Waals surface area contributed by atoms with Gasteiger partial charge in [-0.3, -0.25) is 0 Å². The molecule has 0 aromatic heterocycles. The maximum atomic E-state index is 13.6. The molecule has 0 amide bonds. The van der Waals surface area contributed by atoms with Crippen LogP contribution in [0.3, 0.4) is 0 Å². The van der Waals surface area contributed by atoms with Crippen molar-refractivity contribution in [1.82, 2.24) is 10.2 Å². The van der Waals surface area contributed by atoms with E-state index >= 15 is 0 Å². The predicted octanol–water partition coefficient (Wildman–Crippen LogP) is 3.16. The van der Waals surface area contributed by atoms with Crippen LogP contribution in [0.1, 0.15) is 25.3 Å². The minimum Gasteiger partial charge on any atom is -0.309 e. The standard InChI is InChI=1S/C14H20BrFN2/c1-11(10-18-6-2-3-7-18)17-9-12-4-5-13(15)8-14(12)16/h4-5,8,11,17H,2-3,6-7,9-10H2,1H3. The van der Waals surface area contributed by atoms with Gasteiger partial charge in [-0.15, -0.1) is 0 Å². The Balaban J connectivity index is 1.79. The molecular weight excluding hydrogens is 295 g/mol. The third-order valence-electron chi connectivity index (χ3n) is 3.39. The van der Waals surface area contributed by atoms with Crippen LogP contribution >= 0.6 is 15.9 Å². The summed E-state index contributed by atoms with van der Waals surface area (Å²) in [7, 11) is 0. The molecule has 2 rings (SSSR count). The van der Waals surface area contributed by atoms with Gasteiger partial charge in [0.1, 0.15) is 5.82 Å². The number of nitrogens with one attached hydrogen (secondary N) is 1. The molecule has 0 saturated carbocycles. The van der Waals surface area contributed by atoms with Crippen LogP contribution in [0.25, 0.3) is 0 Å². The van der Waals surface area contributed by atoms with Gasteiger partial charge in [0.25, 0.3) is 0 Å². The number of benzene rings is 1. The number of halogens is 2.